The molecular weight excluding hydrogens is 524 g/mol. The molecule has 0 saturated heterocycles. The predicted octanol–water partition coefficient (Wildman–Crippen LogP) is 4.89. The Balaban J connectivity index is 1.60. The van der Waals surface area contributed by atoms with Crippen molar-refractivity contribution in [2.45, 2.75) is 38.3 Å². The lowest BCUT2D eigenvalue weighted by Gasteiger charge is -2.36. The summed E-state index contributed by atoms with van der Waals surface area (Å²) in [6.45, 7) is 0.137. The first-order chi connectivity index (χ1) is 18.5. The van der Waals surface area contributed by atoms with Crippen LogP contribution < -0.4 is 0 Å². The molecule has 0 radical (unpaired) electrons. The van der Waals surface area contributed by atoms with Crippen molar-refractivity contribution in [2.24, 2.45) is 0 Å². The van der Waals surface area contributed by atoms with Crippen molar-refractivity contribution < 1.29 is 24.5 Å². The molecule has 0 spiro atoms. The summed E-state index contributed by atoms with van der Waals surface area (Å²) in [6, 6.07) is 17.8. The second kappa shape index (κ2) is 13.7. The number of rotatable bonds is 12. The monoisotopic (exact) mass is 552 g/mol. The number of hydrogen-bond donors (Lipinski definition) is 2. The fraction of sp³-hybridized carbons (Fsp3) is 0.259. The predicted molar refractivity (Wildman–Crippen MR) is 145 cm³/mol. The Morgan fingerprint density at radius 3 is 2.00 bits per heavy atom. The lowest BCUT2D eigenvalue weighted by atomic mass is 10.0. The number of nitrogens with zero attached hydrogens (tertiary/aromatic N) is 4. The average Bonchev–Trinajstić information content (AvgIpc) is 3.64. The molecule has 2 aromatic carbocycles. The molecule has 4 rings (SSSR count). The number of ether oxygens (including phenoxy) is 1. The number of benzene rings is 2. The van der Waals surface area contributed by atoms with Crippen LogP contribution in [0, 0.1) is 0 Å². The van der Waals surface area contributed by atoms with Crippen LogP contribution in [-0.4, -0.2) is 60.9 Å². The van der Waals surface area contributed by atoms with E-state index in [1.54, 1.807) is 23.4 Å². The van der Waals surface area contributed by atoms with Gasteiger partial charge in [-0.25, -0.2) is 9.59 Å². The van der Waals surface area contributed by atoms with Crippen LogP contribution >= 0.6 is 22.7 Å². The third kappa shape index (κ3) is 7.85. The summed E-state index contributed by atoms with van der Waals surface area (Å²) < 4.78 is 5.62. The van der Waals surface area contributed by atoms with Crippen LogP contribution in [0.2, 0.25) is 0 Å². The van der Waals surface area contributed by atoms with Crippen LogP contribution in [0.1, 0.15) is 20.9 Å². The van der Waals surface area contributed by atoms with Crippen LogP contribution in [0.4, 0.5) is 9.59 Å². The zero-order valence-corrected chi connectivity index (χ0v) is 22.1. The molecule has 38 heavy (non-hydrogen) atoms. The van der Waals surface area contributed by atoms with Gasteiger partial charge in [-0.1, -0.05) is 60.7 Å². The number of hydrogen-bond acceptors (Lipinski definition) is 8. The molecule has 0 saturated carbocycles. The Hall–Kier alpha value is -3.80. The molecule has 11 heteroatoms. The zero-order chi connectivity index (χ0) is 26.7. The summed E-state index contributed by atoms with van der Waals surface area (Å²) in [6.07, 6.45) is 0.640. The third-order valence-corrected chi connectivity index (χ3v) is 7.44. The quantitative estimate of drug-likeness (QED) is 0.257. The smallest absolute Gasteiger partial charge is 0.410 e. The van der Waals surface area contributed by atoms with E-state index in [1.807, 2.05) is 60.7 Å². The maximum absolute atomic E-state index is 13.5. The van der Waals surface area contributed by atoms with Crippen molar-refractivity contribution in [3.05, 3.63) is 105 Å². The summed E-state index contributed by atoms with van der Waals surface area (Å²) in [7, 11) is 0. The molecule has 0 fully saturated rings. The first kappa shape index (κ1) is 27.2. The molecule has 4 aromatic rings. The van der Waals surface area contributed by atoms with Crippen molar-refractivity contribution >= 4 is 34.9 Å². The maximum Gasteiger partial charge on any atom is 0.410 e. The van der Waals surface area contributed by atoms with E-state index in [-0.39, 0.29) is 32.7 Å². The summed E-state index contributed by atoms with van der Waals surface area (Å²) in [5, 5.41) is 21.4. The van der Waals surface area contributed by atoms with Gasteiger partial charge in [0.1, 0.15) is 6.61 Å². The van der Waals surface area contributed by atoms with Gasteiger partial charge in [0, 0.05) is 36.8 Å². The summed E-state index contributed by atoms with van der Waals surface area (Å²) >= 11 is 2.78. The van der Waals surface area contributed by atoms with E-state index in [2.05, 4.69) is 9.97 Å². The highest BCUT2D eigenvalue weighted by atomic mass is 32.1. The SMILES string of the molecule is O=C(O)N(Cc1ccccc1)CC(O)C(Cc1cncs1)N(Cc1ccccc1)C(=O)OCc1cncs1. The normalized spacial score (nSPS) is 12.4. The second-order valence-electron chi connectivity index (χ2n) is 8.59. The van der Waals surface area contributed by atoms with Gasteiger partial charge in [-0.15, -0.1) is 22.7 Å². The largest absolute Gasteiger partial charge is 0.465 e. The first-order valence-corrected chi connectivity index (χ1v) is 13.7. The van der Waals surface area contributed by atoms with E-state index in [1.165, 1.54) is 27.6 Å². The molecular formula is C27H28N4O5S2. The highest BCUT2D eigenvalue weighted by Gasteiger charge is 2.34. The number of thiazole rings is 2. The molecule has 2 atom stereocenters. The molecule has 2 heterocycles. The van der Waals surface area contributed by atoms with Gasteiger partial charge < -0.3 is 19.8 Å². The molecule has 2 N–H and O–H groups in total. The highest BCUT2D eigenvalue weighted by molar-refractivity contribution is 7.09. The van der Waals surface area contributed by atoms with E-state index in [0.717, 1.165) is 25.8 Å². The minimum Gasteiger partial charge on any atom is -0.465 e. The molecule has 2 unspecified atom stereocenters. The molecule has 0 bridgehead atoms. The summed E-state index contributed by atoms with van der Waals surface area (Å²) in [5.41, 5.74) is 4.99. The molecule has 198 valence electrons. The van der Waals surface area contributed by atoms with Gasteiger partial charge in [0.05, 0.1) is 34.6 Å². The van der Waals surface area contributed by atoms with E-state index in [4.69, 9.17) is 4.74 Å². The fourth-order valence-corrected chi connectivity index (χ4v) is 5.14. The van der Waals surface area contributed by atoms with Crippen LogP contribution in [0.3, 0.4) is 0 Å². The Bertz CT molecular complexity index is 1260. The lowest BCUT2D eigenvalue weighted by molar-refractivity contribution is 0.0119. The minimum atomic E-state index is -1.20. The van der Waals surface area contributed by atoms with E-state index < -0.39 is 24.3 Å². The number of carbonyl (C=O) groups is 2. The topological polar surface area (TPSA) is 116 Å². The average molecular weight is 553 g/mol. The van der Waals surface area contributed by atoms with Gasteiger partial charge in [0.25, 0.3) is 0 Å². The summed E-state index contributed by atoms with van der Waals surface area (Å²) in [5.74, 6) is 0. The van der Waals surface area contributed by atoms with E-state index >= 15 is 0 Å². The molecule has 9 nitrogen and oxygen atoms in total. The van der Waals surface area contributed by atoms with Gasteiger partial charge in [-0.2, -0.15) is 0 Å². The van der Waals surface area contributed by atoms with Crippen molar-refractivity contribution in [1.82, 2.24) is 19.8 Å². The fourth-order valence-electron chi connectivity index (χ4n) is 3.99. The first-order valence-electron chi connectivity index (χ1n) is 11.9. The number of carboxylic acid groups (broad SMARTS) is 1. The molecule has 0 aliphatic carbocycles. The Morgan fingerprint density at radius 2 is 1.45 bits per heavy atom. The van der Waals surface area contributed by atoms with Gasteiger partial charge in [0.15, 0.2) is 0 Å². The second-order valence-corrected chi connectivity index (χ2v) is 10.5. The number of carbonyl (C=O) groups excluding carboxylic acids is 1. The standard InChI is InChI=1S/C27H28N4O5S2/c32-25(16-30(26(33)34)14-20-7-3-1-4-8-20)24(11-22-12-28-18-37-22)31(15-21-9-5-2-6-10-21)27(35)36-17-23-13-29-19-38-23/h1-10,12-13,18-19,24-25,32H,11,14-17H2,(H,33,34). The lowest BCUT2D eigenvalue weighted by Crippen LogP contribution is -2.52. The van der Waals surface area contributed by atoms with Crippen molar-refractivity contribution in [1.29, 1.82) is 0 Å². The molecule has 2 amide bonds. The third-order valence-electron chi connectivity index (χ3n) is 5.88. The Morgan fingerprint density at radius 1 is 0.868 bits per heavy atom. The highest BCUT2D eigenvalue weighted by Crippen LogP contribution is 2.22. The van der Waals surface area contributed by atoms with Crippen molar-refractivity contribution in [3.8, 4) is 0 Å². The number of aromatic nitrogens is 2. The number of aliphatic hydroxyl groups excluding tert-OH is 1. The van der Waals surface area contributed by atoms with E-state index in [9.17, 15) is 19.8 Å². The zero-order valence-electron chi connectivity index (χ0n) is 20.5. The number of amides is 2. The van der Waals surface area contributed by atoms with E-state index in [0.29, 0.717) is 0 Å². The summed E-state index contributed by atoms with van der Waals surface area (Å²) in [4.78, 5) is 38.0. The maximum atomic E-state index is 13.5. The van der Waals surface area contributed by atoms with Gasteiger partial charge in [-0.3, -0.25) is 14.9 Å². The molecule has 0 aliphatic rings. The van der Waals surface area contributed by atoms with Crippen molar-refractivity contribution in [3.63, 3.8) is 0 Å². The Labute approximate surface area is 228 Å². The molecule has 2 aromatic heterocycles. The Kier molecular flexibility index (Phi) is 9.79. The number of aliphatic hydroxyl groups is 1. The van der Waals surface area contributed by atoms with Gasteiger partial charge in [-0.05, 0) is 11.1 Å². The van der Waals surface area contributed by atoms with Crippen molar-refractivity contribution in [2.75, 3.05) is 6.54 Å². The van der Waals surface area contributed by atoms with Crippen LogP contribution in [-0.2, 0) is 30.9 Å². The minimum absolute atomic E-state index is 0.0490. The van der Waals surface area contributed by atoms with Gasteiger partial charge in [0.2, 0.25) is 0 Å². The molecule has 0 aliphatic heterocycles. The van der Waals surface area contributed by atoms with Crippen LogP contribution in [0.5, 0.6) is 0 Å². The van der Waals surface area contributed by atoms with Crippen LogP contribution in [0.25, 0.3) is 0 Å². The van der Waals surface area contributed by atoms with Crippen LogP contribution in [0.15, 0.2) is 84.1 Å². The van der Waals surface area contributed by atoms with Gasteiger partial charge >= 0.3 is 12.2 Å².